The number of ether oxygens (including phenoxy) is 1. The molecular formula is C20H33IN4O3S. The van der Waals surface area contributed by atoms with Gasteiger partial charge in [0.15, 0.2) is 5.96 Å². The molecule has 0 aliphatic carbocycles. The van der Waals surface area contributed by atoms with E-state index in [0.717, 1.165) is 51.3 Å². The fourth-order valence-corrected chi connectivity index (χ4v) is 4.79. The zero-order valence-corrected chi connectivity index (χ0v) is 20.2. The molecule has 0 radical (unpaired) electrons. The van der Waals surface area contributed by atoms with E-state index in [1.807, 2.05) is 6.07 Å². The average Bonchev–Trinajstić information content (AvgIpc) is 3.21. The summed E-state index contributed by atoms with van der Waals surface area (Å²) in [6.45, 7) is 3.24. The summed E-state index contributed by atoms with van der Waals surface area (Å²) in [4.78, 5) is 6.54. The highest BCUT2D eigenvalue weighted by molar-refractivity contribution is 14.0. The monoisotopic (exact) mass is 536 g/mol. The molecule has 2 unspecified atom stereocenters. The Morgan fingerprint density at radius 1 is 1.24 bits per heavy atom. The van der Waals surface area contributed by atoms with Gasteiger partial charge in [-0.1, -0.05) is 30.3 Å². The van der Waals surface area contributed by atoms with Crippen LogP contribution in [-0.2, 0) is 14.8 Å². The number of hydrogen-bond donors (Lipinski definition) is 2. The first kappa shape index (κ1) is 24.4. The van der Waals surface area contributed by atoms with Crippen LogP contribution in [0.5, 0.6) is 0 Å². The lowest BCUT2D eigenvalue weighted by Gasteiger charge is -2.23. The SMILES string of the molecule is CN=C(NCCS(=O)(=O)NCC1CCCCO1)N1CCC(c2ccccc2)C1.I. The Bertz CT molecular complexity index is 739. The summed E-state index contributed by atoms with van der Waals surface area (Å²) in [5, 5.41) is 3.20. The van der Waals surface area contributed by atoms with E-state index in [-0.39, 0.29) is 35.8 Å². The van der Waals surface area contributed by atoms with Gasteiger partial charge in [0.25, 0.3) is 0 Å². The molecule has 0 bridgehead atoms. The van der Waals surface area contributed by atoms with Crippen LogP contribution in [0.1, 0.15) is 37.2 Å². The van der Waals surface area contributed by atoms with Gasteiger partial charge in [-0.2, -0.15) is 0 Å². The first-order valence-electron chi connectivity index (χ1n) is 10.2. The molecule has 3 rings (SSSR count). The number of guanidine groups is 1. The van der Waals surface area contributed by atoms with Crippen LogP contribution in [0.3, 0.4) is 0 Å². The first-order valence-corrected chi connectivity index (χ1v) is 11.8. The van der Waals surface area contributed by atoms with E-state index in [2.05, 4.69) is 44.2 Å². The number of halogens is 1. The molecule has 7 nitrogen and oxygen atoms in total. The van der Waals surface area contributed by atoms with Crippen LogP contribution in [-0.4, -0.2) is 71.0 Å². The topological polar surface area (TPSA) is 83.0 Å². The average molecular weight is 536 g/mol. The molecule has 2 N–H and O–H groups in total. The molecule has 0 aromatic heterocycles. The Kier molecular flexibility index (Phi) is 10.1. The molecule has 2 fully saturated rings. The van der Waals surface area contributed by atoms with Crippen LogP contribution in [0.25, 0.3) is 0 Å². The Hall–Kier alpha value is -0.910. The first-order chi connectivity index (χ1) is 13.6. The molecule has 0 spiro atoms. The summed E-state index contributed by atoms with van der Waals surface area (Å²) in [6.07, 6.45) is 4.17. The highest BCUT2D eigenvalue weighted by Crippen LogP contribution is 2.26. The molecule has 2 aliphatic heterocycles. The van der Waals surface area contributed by atoms with E-state index >= 15 is 0 Å². The van der Waals surface area contributed by atoms with Gasteiger partial charge in [-0.3, -0.25) is 4.99 Å². The molecule has 0 saturated carbocycles. The van der Waals surface area contributed by atoms with E-state index in [1.54, 1.807) is 7.05 Å². The number of nitrogens with zero attached hydrogens (tertiary/aromatic N) is 2. The third kappa shape index (κ3) is 7.69. The molecule has 29 heavy (non-hydrogen) atoms. The molecule has 0 amide bonds. The molecule has 1 aromatic rings. The van der Waals surface area contributed by atoms with E-state index in [0.29, 0.717) is 19.0 Å². The quantitative estimate of drug-likeness (QED) is 0.317. The zero-order chi connectivity index (χ0) is 19.8. The van der Waals surface area contributed by atoms with Gasteiger partial charge in [-0.25, -0.2) is 13.1 Å². The Morgan fingerprint density at radius 3 is 2.72 bits per heavy atom. The van der Waals surface area contributed by atoms with Crippen molar-refractivity contribution in [3.05, 3.63) is 35.9 Å². The third-order valence-corrected chi connectivity index (χ3v) is 6.78. The predicted octanol–water partition coefficient (Wildman–Crippen LogP) is 2.16. The third-order valence-electron chi connectivity index (χ3n) is 5.43. The molecule has 2 heterocycles. The van der Waals surface area contributed by atoms with Crippen molar-refractivity contribution in [2.75, 3.05) is 45.6 Å². The Labute approximate surface area is 191 Å². The zero-order valence-electron chi connectivity index (χ0n) is 17.0. The van der Waals surface area contributed by atoms with Crippen LogP contribution in [0.15, 0.2) is 35.3 Å². The molecule has 9 heteroatoms. The molecule has 164 valence electrons. The minimum atomic E-state index is -3.33. The summed E-state index contributed by atoms with van der Waals surface area (Å²) < 4.78 is 32.7. The summed E-state index contributed by atoms with van der Waals surface area (Å²) in [6, 6.07) is 10.5. The van der Waals surface area contributed by atoms with E-state index < -0.39 is 10.0 Å². The van der Waals surface area contributed by atoms with Crippen LogP contribution in [0, 0.1) is 0 Å². The molecule has 1 aromatic carbocycles. The van der Waals surface area contributed by atoms with E-state index in [9.17, 15) is 8.42 Å². The van der Waals surface area contributed by atoms with Crippen molar-refractivity contribution in [2.24, 2.45) is 4.99 Å². The van der Waals surface area contributed by atoms with Crippen molar-refractivity contribution >= 4 is 40.0 Å². The largest absolute Gasteiger partial charge is 0.377 e. The van der Waals surface area contributed by atoms with Crippen LogP contribution < -0.4 is 10.0 Å². The number of hydrogen-bond acceptors (Lipinski definition) is 4. The van der Waals surface area contributed by atoms with Gasteiger partial charge < -0.3 is 15.0 Å². The minimum absolute atomic E-state index is 0. The highest BCUT2D eigenvalue weighted by Gasteiger charge is 2.26. The maximum Gasteiger partial charge on any atom is 0.213 e. The van der Waals surface area contributed by atoms with Gasteiger partial charge in [0.1, 0.15) is 0 Å². The van der Waals surface area contributed by atoms with Gasteiger partial charge >= 0.3 is 0 Å². The predicted molar refractivity (Wildman–Crippen MR) is 128 cm³/mol. The van der Waals surface area contributed by atoms with Gasteiger partial charge in [0, 0.05) is 45.8 Å². The Balaban J connectivity index is 0.00000300. The minimum Gasteiger partial charge on any atom is -0.377 e. The van der Waals surface area contributed by atoms with Crippen molar-refractivity contribution in [2.45, 2.75) is 37.7 Å². The van der Waals surface area contributed by atoms with Crippen LogP contribution in [0.2, 0.25) is 0 Å². The van der Waals surface area contributed by atoms with Crippen molar-refractivity contribution in [1.29, 1.82) is 0 Å². The number of benzene rings is 1. The fraction of sp³-hybridized carbons (Fsp3) is 0.650. The summed E-state index contributed by atoms with van der Waals surface area (Å²) in [7, 11) is -1.59. The number of nitrogens with one attached hydrogen (secondary N) is 2. The van der Waals surface area contributed by atoms with Crippen molar-refractivity contribution < 1.29 is 13.2 Å². The highest BCUT2D eigenvalue weighted by atomic mass is 127. The number of rotatable bonds is 7. The van der Waals surface area contributed by atoms with Crippen LogP contribution >= 0.6 is 24.0 Å². The second-order valence-electron chi connectivity index (χ2n) is 7.47. The smallest absolute Gasteiger partial charge is 0.213 e. The summed E-state index contributed by atoms with van der Waals surface area (Å²) in [5.41, 5.74) is 1.34. The van der Waals surface area contributed by atoms with E-state index in [1.165, 1.54) is 5.56 Å². The van der Waals surface area contributed by atoms with Gasteiger partial charge in [-0.15, -0.1) is 24.0 Å². The molecule has 2 atom stereocenters. The number of sulfonamides is 1. The van der Waals surface area contributed by atoms with Gasteiger partial charge in [0.05, 0.1) is 11.9 Å². The standard InChI is InChI=1S/C20H32N4O3S.HI/c1-21-20(24-12-10-18(16-24)17-7-3-2-4-8-17)22-11-14-28(25,26)23-15-19-9-5-6-13-27-19;/h2-4,7-8,18-19,23H,5-6,9-16H2,1H3,(H,21,22);1H. The normalized spacial score (nSPS) is 22.9. The van der Waals surface area contributed by atoms with Crippen molar-refractivity contribution in [3.8, 4) is 0 Å². The molecule has 2 aliphatic rings. The number of aliphatic imine (C=N–C) groups is 1. The lowest BCUT2D eigenvalue weighted by molar-refractivity contribution is 0.0200. The Morgan fingerprint density at radius 2 is 2.03 bits per heavy atom. The summed E-state index contributed by atoms with van der Waals surface area (Å²) in [5.74, 6) is 1.28. The maximum absolute atomic E-state index is 12.2. The van der Waals surface area contributed by atoms with Crippen molar-refractivity contribution in [3.63, 3.8) is 0 Å². The fourth-order valence-electron chi connectivity index (χ4n) is 3.84. The molecule has 2 saturated heterocycles. The second-order valence-corrected chi connectivity index (χ2v) is 9.40. The number of likely N-dealkylation sites (tertiary alicyclic amines) is 1. The van der Waals surface area contributed by atoms with Gasteiger partial charge in [0.2, 0.25) is 10.0 Å². The lowest BCUT2D eigenvalue weighted by atomic mass is 9.99. The van der Waals surface area contributed by atoms with E-state index in [4.69, 9.17) is 4.74 Å². The molecular weight excluding hydrogens is 503 g/mol. The second kappa shape index (κ2) is 12.1. The lowest BCUT2D eigenvalue weighted by Crippen LogP contribution is -2.43. The maximum atomic E-state index is 12.2. The summed E-state index contributed by atoms with van der Waals surface area (Å²) >= 11 is 0. The van der Waals surface area contributed by atoms with Crippen molar-refractivity contribution in [1.82, 2.24) is 14.9 Å². The van der Waals surface area contributed by atoms with Crippen LogP contribution in [0.4, 0.5) is 0 Å². The van der Waals surface area contributed by atoms with Gasteiger partial charge in [-0.05, 0) is 31.2 Å².